The number of benzene rings is 1. The minimum atomic E-state index is -0.946. The average Bonchev–Trinajstić information content (AvgIpc) is 2.90. The van der Waals surface area contributed by atoms with Crippen molar-refractivity contribution in [3.63, 3.8) is 0 Å². The summed E-state index contributed by atoms with van der Waals surface area (Å²) in [6.45, 7) is 0.976. The number of anilines is 3. The molecule has 0 aliphatic carbocycles. The van der Waals surface area contributed by atoms with Crippen LogP contribution in [0.1, 0.15) is 0 Å². The van der Waals surface area contributed by atoms with Gasteiger partial charge in [0.1, 0.15) is 5.82 Å². The summed E-state index contributed by atoms with van der Waals surface area (Å²) in [7, 11) is 1.75. The van der Waals surface area contributed by atoms with Crippen LogP contribution >= 0.6 is 0 Å². The number of aromatic nitrogens is 4. The Bertz CT molecular complexity index is 847. The Balaban J connectivity index is 1.99. The lowest BCUT2D eigenvalue weighted by Gasteiger charge is -2.10. The van der Waals surface area contributed by atoms with E-state index in [0.717, 1.165) is 17.5 Å². The summed E-state index contributed by atoms with van der Waals surface area (Å²) in [5.74, 6) is -1.05. The topological polar surface area (TPSA) is 93.7 Å². The van der Waals surface area contributed by atoms with Gasteiger partial charge < -0.3 is 16.4 Å². The molecule has 3 rings (SSSR count). The molecule has 0 aliphatic heterocycles. The van der Waals surface area contributed by atoms with Gasteiger partial charge >= 0.3 is 0 Å². The standard InChI is InChI=1S/C14H15F2N7/c1-23-13-9(7-19-23)12(18-5-4-17)21-14(22-13)20-8-2-3-10(15)11(16)6-8/h2-3,6-7H,4-5,17H2,1H3,(H2,18,20,21,22). The number of nitrogens with zero attached hydrogens (tertiary/aromatic N) is 4. The highest BCUT2D eigenvalue weighted by molar-refractivity contribution is 5.87. The second-order valence-electron chi connectivity index (χ2n) is 4.87. The van der Waals surface area contributed by atoms with E-state index < -0.39 is 11.6 Å². The van der Waals surface area contributed by atoms with Crippen molar-refractivity contribution >= 4 is 28.5 Å². The molecule has 0 unspecified atom stereocenters. The third kappa shape index (κ3) is 3.04. The number of nitrogens with two attached hydrogens (primary N) is 1. The van der Waals surface area contributed by atoms with Crippen LogP contribution in [0.4, 0.5) is 26.2 Å². The Hall–Kier alpha value is -2.81. The molecule has 0 radical (unpaired) electrons. The van der Waals surface area contributed by atoms with Crippen LogP contribution in [0, 0.1) is 11.6 Å². The van der Waals surface area contributed by atoms with Gasteiger partial charge in [-0.3, -0.25) is 4.68 Å². The number of aryl methyl sites for hydroxylation is 1. The normalized spacial score (nSPS) is 11.0. The molecule has 7 nitrogen and oxygen atoms in total. The summed E-state index contributed by atoms with van der Waals surface area (Å²) >= 11 is 0. The Morgan fingerprint density at radius 1 is 1.22 bits per heavy atom. The van der Waals surface area contributed by atoms with Crippen molar-refractivity contribution in [2.24, 2.45) is 12.8 Å². The number of rotatable bonds is 5. The molecule has 4 N–H and O–H groups in total. The molecule has 0 aliphatic rings. The van der Waals surface area contributed by atoms with E-state index in [2.05, 4.69) is 25.7 Å². The lowest BCUT2D eigenvalue weighted by Crippen LogP contribution is -2.14. The predicted octanol–water partition coefficient (Wildman–Crippen LogP) is 1.76. The molecule has 0 atom stereocenters. The summed E-state index contributed by atoms with van der Waals surface area (Å²) in [4.78, 5) is 8.68. The minimum Gasteiger partial charge on any atom is -0.368 e. The highest BCUT2D eigenvalue weighted by Crippen LogP contribution is 2.23. The van der Waals surface area contributed by atoms with Gasteiger partial charge in [0, 0.05) is 31.9 Å². The third-order valence-corrected chi connectivity index (χ3v) is 3.20. The molecule has 0 spiro atoms. The number of nitrogens with one attached hydrogen (secondary N) is 2. The van der Waals surface area contributed by atoms with Gasteiger partial charge in [-0.05, 0) is 12.1 Å². The van der Waals surface area contributed by atoms with E-state index in [9.17, 15) is 8.78 Å². The van der Waals surface area contributed by atoms with Crippen LogP contribution in [0.5, 0.6) is 0 Å². The number of fused-ring (bicyclic) bond motifs is 1. The van der Waals surface area contributed by atoms with Gasteiger partial charge in [-0.1, -0.05) is 0 Å². The van der Waals surface area contributed by atoms with Crippen LogP contribution in [0.15, 0.2) is 24.4 Å². The Morgan fingerprint density at radius 2 is 2.04 bits per heavy atom. The van der Waals surface area contributed by atoms with Crippen LogP contribution in [0.2, 0.25) is 0 Å². The molecule has 0 saturated carbocycles. The highest BCUT2D eigenvalue weighted by Gasteiger charge is 2.12. The molecule has 0 amide bonds. The van der Waals surface area contributed by atoms with E-state index >= 15 is 0 Å². The van der Waals surface area contributed by atoms with Crippen molar-refractivity contribution in [3.8, 4) is 0 Å². The zero-order valence-corrected chi connectivity index (χ0v) is 12.3. The molecule has 120 valence electrons. The summed E-state index contributed by atoms with van der Waals surface area (Å²) < 4.78 is 27.9. The number of hydrogen-bond donors (Lipinski definition) is 3. The maximum Gasteiger partial charge on any atom is 0.231 e. The van der Waals surface area contributed by atoms with Crippen molar-refractivity contribution in [3.05, 3.63) is 36.0 Å². The largest absolute Gasteiger partial charge is 0.368 e. The fourth-order valence-electron chi connectivity index (χ4n) is 2.11. The first kappa shape index (κ1) is 15.1. The molecule has 23 heavy (non-hydrogen) atoms. The fraction of sp³-hybridized carbons (Fsp3) is 0.214. The zero-order chi connectivity index (χ0) is 16.4. The Labute approximate surface area is 130 Å². The molecular formula is C14H15F2N7. The van der Waals surface area contributed by atoms with Crippen molar-refractivity contribution < 1.29 is 8.78 Å². The number of halogens is 2. The molecule has 2 aromatic heterocycles. The molecule has 1 aromatic carbocycles. The van der Waals surface area contributed by atoms with Gasteiger partial charge in [-0.2, -0.15) is 15.1 Å². The molecule has 0 fully saturated rings. The Morgan fingerprint density at radius 3 is 2.78 bits per heavy atom. The quantitative estimate of drug-likeness (QED) is 0.663. The zero-order valence-electron chi connectivity index (χ0n) is 12.3. The predicted molar refractivity (Wildman–Crippen MR) is 83.5 cm³/mol. The van der Waals surface area contributed by atoms with Crippen LogP contribution < -0.4 is 16.4 Å². The van der Waals surface area contributed by atoms with Crippen LogP contribution in [0.25, 0.3) is 11.0 Å². The van der Waals surface area contributed by atoms with Gasteiger partial charge in [-0.15, -0.1) is 0 Å². The van der Waals surface area contributed by atoms with E-state index in [0.29, 0.717) is 30.2 Å². The molecular weight excluding hydrogens is 304 g/mol. The van der Waals surface area contributed by atoms with E-state index in [-0.39, 0.29) is 5.95 Å². The molecule has 3 aromatic rings. The first-order valence-electron chi connectivity index (χ1n) is 6.94. The van der Waals surface area contributed by atoms with Crippen LogP contribution in [-0.4, -0.2) is 32.8 Å². The monoisotopic (exact) mass is 319 g/mol. The SMILES string of the molecule is Cn1ncc2c(NCCN)nc(Nc3ccc(F)c(F)c3)nc21. The van der Waals surface area contributed by atoms with Crippen molar-refractivity contribution in [2.75, 3.05) is 23.7 Å². The lowest BCUT2D eigenvalue weighted by molar-refractivity contribution is 0.509. The van der Waals surface area contributed by atoms with Gasteiger partial charge in [0.25, 0.3) is 0 Å². The second-order valence-corrected chi connectivity index (χ2v) is 4.87. The van der Waals surface area contributed by atoms with E-state index in [4.69, 9.17) is 5.73 Å². The summed E-state index contributed by atoms with van der Waals surface area (Å²) in [6.07, 6.45) is 1.65. The first-order valence-corrected chi connectivity index (χ1v) is 6.94. The number of hydrogen-bond acceptors (Lipinski definition) is 6. The maximum atomic E-state index is 13.3. The van der Waals surface area contributed by atoms with Gasteiger partial charge in [0.2, 0.25) is 5.95 Å². The van der Waals surface area contributed by atoms with Gasteiger partial charge in [-0.25, -0.2) is 8.78 Å². The summed E-state index contributed by atoms with van der Waals surface area (Å²) in [5, 5.41) is 10.8. The fourth-order valence-corrected chi connectivity index (χ4v) is 2.11. The van der Waals surface area contributed by atoms with E-state index in [1.165, 1.54) is 6.07 Å². The molecule has 9 heteroatoms. The van der Waals surface area contributed by atoms with Crippen molar-refractivity contribution in [2.45, 2.75) is 0 Å². The van der Waals surface area contributed by atoms with E-state index in [1.54, 1.807) is 17.9 Å². The second kappa shape index (κ2) is 6.13. The summed E-state index contributed by atoms with van der Waals surface area (Å²) in [6, 6.07) is 3.48. The maximum absolute atomic E-state index is 13.3. The smallest absolute Gasteiger partial charge is 0.231 e. The van der Waals surface area contributed by atoms with Crippen molar-refractivity contribution in [1.82, 2.24) is 19.7 Å². The van der Waals surface area contributed by atoms with Crippen molar-refractivity contribution in [1.29, 1.82) is 0 Å². The van der Waals surface area contributed by atoms with Crippen LogP contribution in [0.3, 0.4) is 0 Å². The third-order valence-electron chi connectivity index (χ3n) is 3.20. The minimum absolute atomic E-state index is 0.242. The van der Waals surface area contributed by atoms with Crippen LogP contribution in [-0.2, 0) is 7.05 Å². The Kier molecular flexibility index (Phi) is 4.02. The average molecular weight is 319 g/mol. The lowest BCUT2D eigenvalue weighted by atomic mass is 10.3. The van der Waals surface area contributed by atoms with Gasteiger partial charge in [0.15, 0.2) is 17.3 Å². The van der Waals surface area contributed by atoms with E-state index in [1.807, 2.05) is 0 Å². The van der Waals surface area contributed by atoms with Gasteiger partial charge in [0.05, 0.1) is 11.6 Å². The molecule has 2 heterocycles. The first-order chi connectivity index (χ1) is 11.1. The highest BCUT2D eigenvalue weighted by atomic mass is 19.2. The molecule has 0 saturated heterocycles. The molecule has 0 bridgehead atoms. The summed E-state index contributed by atoms with van der Waals surface area (Å²) in [5.41, 5.74) is 6.44.